The summed E-state index contributed by atoms with van der Waals surface area (Å²) in [7, 11) is 0. The maximum absolute atomic E-state index is 5.99. The number of piperidine rings is 2. The van der Waals surface area contributed by atoms with E-state index in [2.05, 4.69) is 20.4 Å². The minimum atomic E-state index is 0.446. The van der Waals surface area contributed by atoms with E-state index in [-0.39, 0.29) is 0 Å². The number of rotatable bonds is 2. The third-order valence-corrected chi connectivity index (χ3v) is 5.05. The van der Waals surface area contributed by atoms with Gasteiger partial charge in [-0.3, -0.25) is 9.80 Å². The molecular formula is C14H29N5. The lowest BCUT2D eigenvalue weighted by molar-refractivity contribution is 0.0674. The summed E-state index contributed by atoms with van der Waals surface area (Å²) in [5.41, 5.74) is 5.99. The molecule has 19 heavy (non-hydrogen) atoms. The van der Waals surface area contributed by atoms with Gasteiger partial charge in [-0.1, -0.05) is 0 Å². The summed E-state index contributed by atoms with van der Waals surface area (Å²) in [6.07, 6.45) is 5.62. The molecule has 4 N–H and O–H groups in total. The van der Waals surface area contributed by atoms with Crippen LogP contribution >= 0.6 is 0 Å². The average Bonchev–Trinajstić information content (AvgIpc) is 2.49. The molecule has 0 radical (unpaired) electrons. The van der Waals surface area contributed by atoms with Gasteiger partial charge in [0.15, 0.2) is 0 Å². The van der Waals surface area contributed by atoms with Gasteiger partial charge < -0.3 is 16.4 Å². The van der Waals surface area contributed by atoms with Crippen LogP contribution in [-0.4, -0.2) is 73.9 Å². The molecule has 0 bridgehead atoms. The van der Waals surface area contributed by atoms with Crippen molar-refractivity contribution < 1.29 is 0 Å². The molecule has 0 aromatic heterocycles. The summed E-state index contributed by atoms with van der Waals surface area (Å²) in [5, 5.41) is 7.20. The Labute approximate surface area is 116 Å². The van der Waals surface area contributed by atoms with Crippen molar-refractivity contribution in [3.05, 3.63) is 0 Å². The third-order valence-electron chi connectivity index (χ3n) is 5.05. The normalized spacial score (nSPS) is 36.5. The van der Waals surface area contributed by atoms with Crippen LogP contribution in [0.2, 0.25) is 0 Å². The van der Waals surface area contributed by atoms with Crippen LogP contribution in [0.3, 0.4) is 0 Å². The van der Waals surface area contributed by atoms with Crippen LogP contribution in [0, 0.1) is 0 Å². The van der Waals surface area contributed by atoms with Crippen molar-refractivity contribution in [1.82, 2.24) is 20.4 Å². The molecule has 110 valence electrons. The zero-order valence-electron chi connectivity index (χ0n) is 12.0. The fraction of sp³-hybridized carbons (Fsp3) is 1.00. The van der Waals surface area contributed by atoms with Crippen molar-refractivity contribution in [2.75, 3.05) is 45.8 Å². The lowest BCUT2D eigenvalue weighted by atomic mass is 9.98. The second-order valence-electron chi connectivity index (χ2n) is 6.31. The van der Waals surface area contributed by atoms with E-state index in [1.165, 1.54) is 51.9 Å². The van der Waals surface area contributed by atoms with Crippen LogP contribution in [-0.2, 0) is 0 Å². The highest BCUT2D eigenvalue weighted by atomic mass is 15.3. The summed E-state index contributed by atoms with van der Waals surface area (Å²) in [4.78, 5) is 5.27. The standard InChI is InChI=1S/C14H29N5/c15-12-3-7-18(8-4-12)13-1-2-14(17-11-13)19-9-5-16-6-10-19/h12-14,16-17H,1-11,15H2. The number of likely N-dealkylation sites (tertiary alicyclic amines) is 1. The summed E-state index contributed by atoms with van der Waals surface area (Å²) in [5.74, 6) is 0. The van der Waals surface area contributed by atoms with Crippen LogP contribution in [0.25, 0.3) is 0 Å². The van der Waals surface area contributed by atoms with Crippen molar-refractivity contribution in [1.29, 1.82) is 0 Å². The largest absolute Gasteiger partial charge is 0.328 e. The first-order valence-corrected chi connectivity index (χ1v) is 8.01. The predicted molar refractivity (Wildman–Crippen MR) is 78.0 cm³/mol. The van der Waals surface area contributed by atoms with E-state index in [9.17, 15) is 0 Å². The molecule has 0 saturated carbocycles. The Kier molecular flexibility index (Phi) is 4.71. The minimum absolute atomic E-state index is 0.446. The molecule has 3 heterocycles. The third kappa shape index (κ3) is 3.47. The number of nitrogens with two attached hydrogens (primary N) is 1. The summed E-state index contributed by atoms with van der Waals surface area (Å²) in [6, 6.07) is 1.19. The van der Waals surface area contributed by atoms with E-state index in [1.54, 1.807) is 0 Å². The Morgan fingerprint density at radius 1 is 0.842 bits per heavy atom. The highest BCUT2D eigenvalue weighted by molar-refractivity contribution is 4.88. The van der Waals surface area contributed by atoms with Gasteiger partial charge in [0.1, 0.15) is 0 Å². The molecule has 5 nitrogen and oxygen atoms in total. The average molecular weight is 267 g/mol. The fourth-order valence-electron chi connectivity index (χ4n) is 3.73. The molecule has 2 unspecified atom stereocenters. The number of nitrogens with zero attached hydrogens (tertiary/aromatic N) is 2. The van der Waals surface area contributed by atoms with Gasteiger partial charge in [0, 0.05) is 44.8 Å². The Balaban J connectivity index is 1.44. The summed E-state index contributed by atoms with van der Waals surface area (Å²) in [6.45, 7) is 8.24. The molecule has 3 aliphatic heterocycles. The maximum atomic E-state index is 5.99. The first-order valence-electron chi connectivity index (χ1n) is 8.01. The van der Waals surface area contributed by atoms with Crippen molar-refractivity contribution in [3.63, 3.8) is 0 Å². The highest BCUT2D eigenvalue weighted by Crippen LogP contribution is 2.20. The van der Waals surface area contributed by atoms with Crippen molar-refractivity contribution >= 4 is 0 Å². The summed E-state index contributed by atoms with van der Waals surface area (Å²) >= 11 is 0. The van der Waals surface area contributed by atoms with Crippen LogP contribution < -0.4 is 16.4 Å². The van der Waals surface area contributed by atoms with Gasteiger partial charge in [0.25, 0.3) is 0 Å². The van der Waals surface area contributed by atoms with Crippen LogP contribution in [0.4, 0.5) is 0 Å². The first kappa shape index (κ1) is 13.8. The van der Waals surface area contributed by atoms with Gasteiger partial charge in [-0.15, -0.1) is 0 Å². The number of hydrogen-bond acceptors (Lipinski definition) is 5. The second kappa shape index (κ2) is 6.50. The van der Waals surface area contributed by atoms with Gasteiger partial charge in [-0.25, -0.2) is 0 Å². The van der Waals surface area contributed by atoms with E-state index in [4.69, 9.17) is 5.73 Å². The van der Waals surface area contributed by atoms with E-state index in [0.717, 1.165) is 25.7 Å². The van der Waals surface area contributed by atoms with Crippen molar-refractivity contribution in [3.8, 4) is 0 Å². The van der Waals surface area contributed by atoms with E-state index in [1.807, 2.05) is 0 Å². The fourth-order valence-corrected chi connectivity index (χ4v) is 3.73. The molecule has 0 spiro atoms. The van der Waals surface area contributed by atoms with Gasteiger partial charge in [0.05, 0.1) is 6.17 Å². The molecule has 2 atom stereocenters. The maximum Gasteiger partial charge on any atom is 0.0599 e. The van der Waals surface area contributed by atoms with Crippen LogP contribution in [0.1, 0.15) is 25.7 Å². The predicted octanol–water partition coefficient (Wildman–Crippen LogP) is -0.607. The Morgan fingerprint density at radius 3 is 2.21 bits per heavy atom. The van der Waals surface area contributed by atoms with Crippen molar-refractivity contribution in [2.24, 2.45) is 5.73 Å². The Hall–Kier alpha value is -0.200. The van der Waals surface area contributed by atoms with E-state index >= 15 is 0 Å². The monoisotopic (exact) mass is 267 g/mol. The molecule has 3 aliphatic rings. The van der Waals surface area contributed by atoms with E-state index < -0.39 is 0 Å². The van der Waals surface area contributed by atoms with Gasteiger partial charge in [0.2, 0.25) is 0 Å². The zero-order valence-corrected chi connectivity index (χ0v) is 12.0. The molecule has 3 fully saturated rings. The topological polar surface area (TPSA) is 56.6 Å². The molecule has 0 amide bonds. The number of piperazine rings is 1. The SMILES string of the molecule is NC1CCN(C2CCC(N3CCNCC3)NC2)CC1. The molecule has 0 aliphatic carbocycles. The van der Waals surface area contributed by atoms with E-state index in [0.29, 0.717) is 12.2 Å². The molecule has 5 heteroatoms. The van der Waals surface area contributed by atoms with Crippen LogP contribution in [0.15, 0.2) is 0 Å². The van der Waals surface area contributed by atoms with Crippen molar-refractivity contribution in [2.45, 2.75) is 43.9 Å². The lowest BCUT2D eigenvalue weighted by Crippen LogP contribution is -2.59. The quantitative estimate of drug-likeness (QED) is 0.623. The lowest BCUT2D eigenvalue weighted by Gasteiger charge is -2.44. The summed E-state index contributed by atoms with van der Waals surface area (Å²) < 4.78 is 0. The number of hydrogen-bond donors (Lipinski definition) is 3. The molecule has 3 rings (SSSR count). The zero-order chi connectivity index (χ0) is 13.1. The highest BCUT2D eigenvalue weighted by Gasteiger charge is 2.30. The molecular weight excluding hydrogens is 238 g/mol. The van der Waals surface area contributed by atoms with Gasteiger partial charge >= 0.3 is 0 Å². The Morgan fingerprint density at radius 2 is 1.58 bits per heavy atom. The molecule has 0 aromatic rings. The van der Waals surface area contributed by atoms with Gasteiger partial charge in [-0.2, -0.15) is 0 Å². The Bertz CT molecular complexity index is 263. The number of nitrogens with one attached hydrogen (secondary N) is 2. The smallest absolute Gasteiger partial charge is 0.0599 e. The second-order valence-corrected chi connectivity index (χ2v) is 6.31. The van der Waals surface area contributed by atoms with Crippen LogP contribution in [0.5, 0.6) is 0 Å². The molecule has 0 aromatic carbocycles. The minimum Gasteiger partial charge on any atom is -0.328 e. The molecule has 3 saturated heterocycles. The first-order chi connectivity index (χ1) is 9.33. The van der Waals surface area contributed by atoms with Gasteiger partial charge in [-0.05, 0) is 38.8 Å².